The molecule has 1 aromatic rings. The first-order valence-electron chi connectivity index (χ1n) is 5.99. The predicted molar refractivity (Wildman–Crippen MR) is 68.6 cm³/mol. The van der Waals surface area contributed by atoms with Gasteiger partial charge in [-0.05, 0) is 44.0 Å². The molecule has 0 aromatic heterocycles. The van der Waals surface area contributed by atoms with E-state index in [1.807, 2.05) is 12.1 Å². The topological polar surface area (TPSA) is 29.3 Å². The van der Waals surface area contributed by atoms with Gasteiger partial charge in [0, 0.05) is 17.6 Å². The molecule has 1 atom stereocenters. The van der Waals surface area contributed by atoms with Crippen LogP contribution in [0.15, 0.2) is 24.3 Å². The van der Waals surface area contributed by atoms with Crippen LogP contribution >= 0.6 is 11.6 Å². The first kappa shape index (κ1) is 11.9. The number of halogens is 1. The minimum atomic E-state index is 0.654. The van der Waals surface area contributed by atoms with E-state index in [-0.39, 0.29) is 0 Å². The summed E-state index contributed by atoms with van der Waals surface area (Å²) < 4.78 is 0. The number of hydrogen-bond acceptors (Lipinski definition) is 2. The van der Waals surface area contributed by atoms with E-state index in [2.05, 4.69) is 17.0 Å². The molecule has 1 aromatic carbocycles. The molecule has 0 spiro atoms. The molecule has 0 amide bonds. The van der Waals surface area contributed by atoms with Crippen LogP contribution in [-0.2, 0) is 6.54 Å². The summed E-state index contributed by atoms with van der Waals surface area (Å²) in [5, 5.41) is 0.876. The van der Waals surface area contributed by atoms with E-state index >= 15 is 0 Å². The van der Waals surface area contributed by atoms with Gasteiger partial charge in [0.15, 0.2) is 0 Å². The van der Waals surface area contributed by atoms with Gasteiger partial charge in [-0.3, -0.25) is 4.90 Å². The molecule has 2 nitrogen and oxygen atoms in total. The molecule has 0 saturated carbocycles. The molecule has 1 aliphatic heterocycles. The van der Waals surface area contributed by atoms with Crippen LogP contribution in [0.1, 0.15) is 24.8 Å². The molecule has 16 heavy (non-hydrogen) atoms. The molecule has 2 N–H and O–H groups in total. The molecular formula is C13H19ClN2. The molecule has 0 aliphatic carbocycles. The van der Waals surface area contributed by atoms with Crippen molar-refractivity contribution in [2.24, 2.45) is 5.73 Å². The Balaban J connectivity index is 2.01. The highest BCUT2D eigenvalue weighted by Gasteiger charge is 2.23. The lowest BCUT2D eigenvalue weighted by molar-refractivity contribution is 0.237. The molecule has 1 saturated heterocycles. The Bertz CT molecular complexity index is 340. The monoisotopic (exact) mass is 238 g/mol. The predicted octanol–water partition coefficient (Wildman–Crippen LogP) is 2.65. The average molecular weight is 239 g/mol. The highest BCUT2D eigenvalue weighted by molar-refractivity contribution is 6.31. The van der Waals surface area contributed by atoms with E-state index in [0.29, 0.717) is 6.04 Å². The zero-order chi connectivity index (χ0) is 11.4. The Labute approximate surface area is 102 Å². The number of nitrogens with two attached hydrogens (primary N) is 1. The van der Waals surface area contributed by atoms with Gasteiger partial charge in [0.1, 0.15) is 0 Å². The average Bonchev–Trinajstić information content (AvgIpc) is 2.70. The Morgan fingerprint density at radius 3 is 2.94 bits per heavy atom. The second kappa shape index (κ2) is 5.67. The van der Waals surface area contributed by atoms with Crippen LogP contribution < -0.4 is 5.73 Å². The van der Waals surface area contributed by atoms with E-state index in [0.717, 1.165) is 24.5 Å². The maximum Gasteiger partial charge on any atom is 0.0451 e. The fraction of sp³-hybridized carbons (Fsp3) is 0.538. The van der Waals surface area contributed by atoms with Gasteiger partial charge in [0.05, 0.1) is 0 Å². The number of nitrogens with zero attached hydrogens (tertiary/aromatic N) is 1. The van der Waals surface area contributed by atoms with E-state index in [1.165, 1.54) is 24.9 Å². The Hall–Kier alpha value is -0.570. The summed E-state index contributed by atoms with van der Waals surface area (Å²) in [6.07, 6.45) is 3.67. The summed E-state index contributed by atoms with van der Waals surface area (Å²) in [6.45, 7) is 2.92. The van der Waals surface area contributed by atoms with Crippen molar-refractivity contribution in [2.75, 3.05) is 13.1 Å². The molecule has 1 unspecified atom stereocenters. The second-order valence-electron chi connectivity index (χ2n) is 4.44. The quantitative estimate of drug-likeness (QED) is 0.874. The van der Waals surface area contributed by atoms with Crippen LogP contribution in [0.2, 0.25) is 5.02 Å². The van der Waals surface area contributed by atoms with Gasteiger partial charge in [0.2, 0.25) is 0 Å². The van der Waals surface area contributed by atoms with E-state index in [9.17, 15) is 0 Å². The third-order valence-corrected chi connectivity index (χ3v) is 3.70. The largest absolute Gasteiger partial charge is 0.330 e. The third kappa shape index (κ3) is 2.76. The summed E-state index contributed by atoms with van der Waals surface area (Å²) in [7, 11) is 0. The fourth-order valence-electron chi connectivity index (χ4n) is 2.47. The van der Waals surface area contributed by atoms with E-state index < -0.39 is 0 Å². The lowest BCUT2D eigenvalue weighted by Crippen LogP contribution is -2.30. The van der Waals surface area contributed by atoms with Gasteiger partial charge < -0.3 is 5.73 Å². The van der Waals surface area contributed by atoms with Crippen molar-refractivity contribution < 1.29 is 0 Å². The minimum Gasteiger partial charge on any atom is -0.330 e. The number of rotatable bonds is 4. The lowest BCUT2D eigenvalue weighted by atomic mass is 10.1. The van der Waals surface area contributed by atoms with Crippen molar-refractivity contribution in [2.45, 2.75) is 31.8 Å². The first-order chi connectivity index (χ1) is 7.81. The standard InChI is InChI=1S/C13H19ClN2/c14-13-6-2-1-4-11(13)10-16-9-3-5-12(16)7-8-15/h1-2,4,6,12H,3,5,7-10,15H2. The number of hydrogen-bond donors (Lipinski definition) is 1. The summed E-state index contributed by atoms with van der Waals surface area (Å²) in [5.74, 6) is 0. The number of benzene rings is 1. The van der Waals surface area contributed by atoms with Crippen molar-refractivity contribution in [3.8, 4) is 0 Å². The Kier molecular flexibility index (Phi) is 4.22. The van der Waals surface area contributed by atoms with Crippen molar-refractivity contribution in [3.63, 3.8) is 0 Å². The molecule has 1 fully saturated rings. The van der Waals surface area contributed by atoms with Gasteiger partial charge in [0.25, 0.3) is 0 Å². The highest BCUT2D eigenvalue weighted by atomic mass is 35.5. The van der Waals surface area contributed by atoms with E-state index in [1.54, 1.807) is 0 Å². The van der Waals surface area contributed by atoms with Crippen LogP contribution in [0.5, 0.6) is 0 Å². The third-order valence-electron chi connectivity index (χ3n) is 3.33. The van der Waals surface area contributed by atoms with Gasteiger partial charge in [-0.2, -0.15) is 0 Å². The van der Waals surface area contributed by atoms with Crippen molar-refractivity contribution >= 4 is 11.6 Å². The molecule has 88 valence electrons. The van der Waals surface area contributed by atoms with Crippen LogP contribution in [-0.4, -0.2) is 24.0 Å². The fourth-order valence-corrected chi connectivity index (χ4v) is 2.66. The molecule has 2 rings (SSSR count). The van der Waals surface area contributed by atoms with Gasteiger partial charge in [-0.25, -0.2) is 0 Å². The van der Waals surface area contributed by atoms with Crippen molar-refractivity contribution in [3.05, 3.63) is 34.9 Å². The Morgan fingerprint density at radius 1 is 1.38 bits per heavy atom. The molecular weight excluding hydrogens is 220 g/mol. The summed E-state index contributed by atoms with van der Waals surface area (Å²) in [5.41, 5.74) is 6.87. The van der Waals surface area contributed by atoms with Crippen LogP contribution in [0.25, 0.3) is 0 Å². The highest BCUT2D eigenvalue weighted by Crippen LogP contribution is 2.24. The van der Waals surface area contributed by atoms with Gasteiger partial charge in [-0.15, -0.1) is 0 Å². The summed E-state index contributed by atoms with van der Waals surface area (Å²) in [6, 6.07) is 8.76. The number of likely N-dealkylation sites (tertiary alicyclic amines) is 1. The minimum absolute atomic E-state index is 0.654. The van der Waals surface area contributed by atoms with Crippen LogP contribution in [0.4, 0.5) is 0 Å². The zero-order valence-electron chi connectivity index (χ0n) is 9.53. The smallest absolute Gasteiger partial charge is 0.0451 e. The molecule has 0 radical (unpaired) electrons. The Morgan fingerprint density at radius 2 is 2.19 bits per heavy atom. The molecule has 3 heteroatoms. The zero-order valence-corrected chi connectivity index (χ0v) is 10.3. The molecule has 1 heterocycles. The van der Waals surface area contributed by atoms with Gasteiger partial charge in [-0.1, -0.05) is 29.8 Å². The lowest BCUT2D eigenvalue weighted by Gasteiger charge is -2.24. The summed E-state index contributed by atoms with van der Waals surface area (Å²) >= 11 is 6.18. The summed E-state index contributed by atoms with van der Waals surface area (Å²) in [4.78, 5) is 2.51. The van der Waals surface area contributed by atoms with Crippen molar-refractivity contribution in [1.29, 1.82) is 0 Å². The first-order valence-corrected chi connectivity index (χ1v) is 6.36. The second-order valence-corrected chi connectivity index (χ2v) is 4.84. The van der Waals surface area contributed by atoms with Gasteiger partial charge >= 0.3 is 0 Å². The maximum atomic E-state index is 6.18. The molecule has 1 aliphatic rings. The molecule has 0 bridgehead atoms. The van der Waals surface area contributed by atoms with Crippen molar-refractivity contribution in [1.82, 2.24) is 4.90 Å². The maximum absolute atomic E-state index is 6.18. The van der Waals surface area contributed by atoms with Crippen LogP contribution in [0, 0.1) is 0 Å². The van der Waals surface area contributed by atoms with Crippen LogP contribution in [0.3, 0.4) is 0 Å². The van der Waals surface area contributed by atoms with E-state index in [4.69, 9.17) is 17.3 Å². The normalized spacial score (nSPS) is 21.5. The SMILES string of the molecule is NCCC1CCCN1Cc1ccccc1Cl.